The molecule has 34 heavy (non-hydrogen) atoms. The Hall–Kier alpha value is -2.79. The first-order valence-electron chi connectivity index (χ1n) is 10.9. The minimum atomic E-state index is -3.50. The van der Waals surface area contributed by atoms with Crippen molar-refractivity contribution < 1.29 is 31.8 Å². The molecule has 2 aliphatic heterocycles. The van der Waals surface area contributed by atoms with Crippen molar-refractivity contribution in [2.24, 2.45) is 11.8 Å². The van der Waals surface area contributed by atoms with Crippen LogP contribution in [0.1, 0.15) is 20.8 Å². The molecule has 1 amide bonds. The molecule has 2 aliphatic rings. The number of ether oxygens (including phenoxy) is 3. The highest BCUT2D eigenvalue weighted by molar-refractivity contribution is 7.90. The number of halogens is 1. The van der Waals surface area contributed by atoms with Crippen LogP contribution in [0.2, 0.25) is 0 Å². The number of sulfone groups is 1. The van der Waals surface area contributed by atoms with E-state index in [1.54, 1.807) is 4.90 Å². The van der Waals surface area contributed by atoms with Crippen LogP contribution in [-0.4, -0.2) is 73.6 Å². The first-order chi connectivity index (χ1) is 15.9. The molecule has 0 spiro atoms. The molecule has 0 radical (unpaired) electrons. The zero-order valence-electron chi connectivity index (χ0n) is 19.5. The van der Waals surface area contributed by atoms with Gasteiger partial charge in [0.2, 0.25) is 0 Å². The van der Waals surface area contributed by atoms with Crippen LogP contribution in [0.3, 0.4) is 0 Å². The van der Waals surface area contributed by atoms with E-state index in [1.807, 2.05) is 20.8 Å². The van der Waals surface area contributed by atoms with Crippen LogP contribution in [0, 0.1) is 17.7 Å². The Morgan fingerprint density at radius 1 is 1.24 bits per heavy atom. The average Bonchev–Trinajstić information content (AvgIpc) is 2.97. The summed E-state index contributed by atoms with van der Waals surface area (Å²) in [5.74, 6) is -0.471. The Morgan fingerprint density at radius 3 is 2.53 bits per heavy atom. The quantitative estimate of drug-likeness (QED) is 0.626. The van der Waals surface area contributed by atoms with Crippen molar-refractivity contribution in [3.05, 3.63) is 36.4 Å². The first-order valence-corrected chi connectivity index (χ1v) is 12.8. The fourth-order valence-electron chi connectivity index (χ4n) is 4.13. The van der Waals surface area contributed by atoms with Crippen molar-refractivity contribution in [3.63, 3.8) is 0 Å². The summed E-state index contributed by atoms with van der Waals surface area (Å²) in [6, 6.07) is 3.86. The number of carbonyl (C=O) groups excluding carboxylic acids is 1. The van der Waals surface area contributed by atoms with E-state index >= 15 is 0 Å². The maximum absolute atomic E-state index is 14.4. The lowest BCUT2D eigenvalue weighted by atomic mass is 9.87. The predicted molar refractivity (Wildman–Crippen MR) is 121 cm³/mol. The fourth-order valence-corrected chi connectivity index (χ4v) is 4.76. The Balaban J connectivity index is 1.36. The standard InChI is InChI=1S/C23H28FN3O6S/c1-23(2,3)33-22(28)27-10-15-12-31-20(11-27)18(15)13-32-21-25-8-14(9-26-21)17-6-5-16(7-19(17)24)34(4,29)30/h5-9,15,18,20H,10-13H2,1-4H3/t15?,18-,20?/m0/s1. The van der Waals surface area contributed by atoms with Gasteiger partial charge in [-0.2, -0.15) is 0 Å². The van der Waals surface area contributed by atoms with Gasteiger partial charge in [0.15, 0.2) is 9.84 Å². The second-order valence-electron chi connectivity index (χ2n) is 9.66. The molecule has 2 fully saturated rings. The number of aromatic nitrogens is 2. The van der Waals surface area contributed by atoms with Crippen molar-refractivity contribution >= 4 is 15.9 Å². The molecule has 11 heteroatoms. The molecular formula is C23H28FN3O6S. The van der Waals surface area contributed by atoms with Crippen LogP contribution < -0.4 is 4.74 Å². The number of hydrogen-bond acceptors (Lipinski definition) is 8. The topological polar surface area (TPSA) is 108 Å². The lowest BCUT2D eigenvalue weighted by Gasteiger charge is -2.36. The van der Waals surface area contributed by atoms with E-state index in [9.17, 15) is 17.6 Å². The molecular weight excluding hydrogens is 465 g/mol. The molecule has 2 unspecified atom stereocenters. The van der Waals surface area contributed by atoms with E-state index in [4.69, 9.17) is 14.2 Å². The number of rotatable bonds is 5. The van der Waals surface area contributed by atoms with E-state index in [-0.39, 0.29) is 40.5 Å². The zero-order valence-corrected chi connectivity index (χ0v) is 20.3. The molecule has 2 saturated heterocycles. The Morgan fingerprint density at radius 2 is 1.94 bits per heavy atom. The van der Waals surface area contributed by atoms with Gasteiger partial charge in [0.25, 0.3) is 0 Å². The van der Waals surface area contributed by atoms with Gasteiger partial charge in [-0.1, -0.05) is 6.07 Å². The Labute approximate surface area is 198 Å². The summed E-state index contributed by atoms with van der Waals surface area (Å²) in [6.07, 6.45) is 3.37. The number of amides is 1. The number of piperidine rings is 1. The van der Waals surface area contributed by atoms with E-state index < -0.39 is 21.3 Å². The van der Waals surface area contributed by atoms with Gasteiger partial charge in [0.1, 0.15) is 11.4 Å². The molecule has 1 aromatic carbocycles. The molecule has 9 nitrogen and oxygen atoms in total. The average molecular weight is 494 g/mol. The number of nitrogens with zero attached hydrogens (tertiary/aromatic N) is 3. The van der Waals surface area contributed by atoms with Crippen molar-refractivity contribution in [2.75, 3.05) is 32.6 Å². The molecule has 1 aromatic heterocycles. The Bertz CT molecular complexity index is 1150. The van der Waals surface area contributed by atoms with Crippen molar-refractivity contribution in [1.29, 1.82) is 0 Å². The zero-order chi connectivity index (χ0) is 24.7. The van der Waals surface area contributed by atoms with Gasteiger partial charge in [-0.25, -0.2) is 27.6 Å². The molecule has 2 bridgehead atoms. The van der Waals surface area contributed by atoms with Gasteiger partial charge in [0, 0.05) is 48.2 Å². The van der Waals surface area contributed by atoms with Gasteiger partial charge in [-0.3, -0.25) is 0 Å². The van der Waals surface area contributed by atoms with Gasteiger partial charge in [-0.05, 0) is 32.9 Å². The number of likely N-dealkylation sites (tertiary alicyclic amines) is 1. The number of benzene rings is 1. The highest BCUT2D eigenvalue weighted by atomic mass is 32.2. The molecule has 184 valence electrons. The number of carbonyl (C=O) groups is 1. The molecule has 4 rings (SSSR count). The third kappa shape index (κ3) is 5.47. The summed E-state index contributed by atoms with van der Waals surface area (Å²) in [7, 11) is -3.50. The summed E-state index contributed by atoms with van der Waals surface area (Å²) in [5, 5.41) is 0. The Kier molecular flexibility index (Phi) is 6.52. The summed E-state index contributed by atoms with van der Waals surface area (Å²) in [4.78, 5) is 22.3. The normalized spacial score (nSPS) is 22.5. The van der Waals surface area contributed by atoms with Crippen LogP contribution in [0.5, 0.6) is 6.01 Å². The van der Waals surface area contributed by atoms with Crippen LogP contribution in [-0.2, 0) is 19.3 Å². The molecule has 0 aliphatic carbocycles. The lowest BCUT2D eigenvalue weighted by molar-refractivity contribution is -0.00580. The molecule has 2 aromatic rings. The van der Waals surface area contributed by atoms with Crippen LogP contribution in [0.25, 0.3) is 11.1 Å². The minimum Gasteiger partial charge on any atom is -0.463 e. The third-order valence-electron chi connectivity index (χ3n) is 5.83. The molecule has 0 saturated carbocycles. The first kappa shape index (κ1) is 24.3. The maximum atomic E-state index is 14.4. The number of hydrogen-bond donors (Lipinski definition) is 0. The second-order valence-corrected chi connectivity index (χ2v) is 11.7. The highest BCUT2D eigenvalue weighted by Crippen LogP contribution is 2.34. The summed E-state index contributed by atoms with van der Waals surface area (Å²) in [6.45, 7) is 7.33. The minimum absolute atomic E-state index is 0.0861. The monoisotopic (exact) mass is 493 g/mol. The van der Waals surface area contributed by atoms with Crippen molar-refractivity contribution in [3.8, 4) is 17.1 Å². The summed E-state index contributed by atoms with van der Waals surface area (Å²) < 4.78 is 54.7. The van der Waals surface area contributed by atoms with E-state index in [0.29, 0.717) is 31.9 Å². The third-order valence-corrected chi connectivity index (χ3v) is 6.94. The van der Waals surface area contributed by atoms with Crippen molar-refractivity contribution in [1.82, 2.24) is 14.9 Å². The van der Waals surface area contributed by atoms with E-state index in [1.165, 1.54) is 24.5 Å². The van der Waals surface area contributed by atoms with Gasteiger partial charge < -0.3 is 19.1 Å². The fraction of sp³-hybridized carbons (Fsp3) is 0.522. The molecule has 3 atom stereocenters. The smallest absolute Gasteiger partial charge is 0.410 e. The predicted octanol–water partition coefficient (Wildman–Crippen LogP) is 2.95. The lowest BCUT2D eigenvalue weighted by Crippen LogP contribution is -2.50. The van der Waals surface area contributed by atoms with E-state index in [2.05, 4.69) is 9.97 Å². The van der Waals surface area contributed by atoms with E-state index in [0.717, 1.165) is 12.3 Å². The summed E-state index contributed by atoms with van der Waals surface area (Å²) >= 11 is 0. The number of fused-ring (bicyclic) bond motifs is 2. The highest BCUT2D eigenvalue weighted by Gasteiger charge is 2.45. The molecule has 0 N–H and O–H groups in total. The van der Waals surface area contributed by atoms with Crippen molar-refractivity contribution in [2.45, 2.75) is 37.4 Å². The van der Waals surface area contributed by atoms with Crippen LogP contribution in [0.4, 0.5) is 9.18 Å². The van der Waals surface area contributed by atoms with Gasteiger partial charge >= 0.3 is 12.1 Å². The largest absolute Gasteiger partial charge is 0.463 e. The van der Waals surface area contributed by atoms with Crippen LogP contribution >= 0.6 is 0 Å². The summed E-state index contributed by atoms with van der Waals surface area (Å²) in [5.41, 5.74) is 0.0397. The maximum Gasteiger partial charge on any atom is 0.410 e. The SMILES string of the molecule is CC(C)(C)OC(=O)N1CC2COC(C1)[C@H]2COc1ncc(-c2ccc(S(C)(=O)=O)cc2F)cn1. The van der Waals surface area contributed by atoms with Gasteiger partial charge in [0.05, 0.1) is 30.8 Å². The second kappa shape index (κ2) is 9.10. The van der Waals surface area contributed by atoms with Gasteiger partial charge in [-0.15, -0.1) is 0 Å². The molecule has 3 heterocycles. The van der Waals surface area contributed by atoms with Crippen LogP contribution in [0.15, 0.2) is 35.5 Å².